The third kappa shape index (κ3) is 4.26. The van der Waals surface area contributed by atoms with Crippen molar-refractivity contribution in [1.82, 2.24) is 0 Å². The first-order chi connectivity index (χ1) is 19.2. The number of aliphatic hydroxyl groups is 1. The van der Waals surface area contributed by atoms with Crippen molar-refractivity contribution in [1.29, 1.82) is 0 Å². The molecule has 3 aliphatic rings. The Morgan fingerprint density at radius 1 is 0.829 bits per heavy atom. The van der Waals surface area contributed by atoms with Gasteiger partial charge in [-0.1, -0.05) is 0 Å². The second-order valence-corrected chi connectivity index (χ2v) is 11.9. The minimum Gasteiger partial charge on any atom is -0.472 e. The van der Waals surface area contributed by atoms with E-state index >= 15 is 0 Å². The van der Waals surface area contributed by atoms with Crippen LogP contribution in [0.1, 0.15) is 75.1 Å². The topological polar surface area (TPSA) is 161 Å². The average molecular weight is 575 g/mol. The molecule has 2 bridgehead atoms. The summed E-state index contributed by atoms with van der Waals surface area (Å²) in [6, 6.07) is 2.84. The highest BCUT2D eigenvalue weighted by Crippen LogP contribution is 2.69. The van der Waals surface area contributed by atoms with E-state index in [4.69, 9.17) is 32.5 Å². The monoisotopic (exact) mass is 574 g/mol. The molecule has 0 radical (unpaired) electrons. The molecule has 1 spiro atoms. The van der Waals surface area contributed by atoms with Gasteiger partial charge in [0.1, 0.15) is 36.4 Å². The molecule has 1 aliphatic heterocycles. The minimum atomic E-state index is -1.80. The van der Waals surface area contributed by atoms with Gasteiger partial charge < -0.3 is 37.6 Å². The van der Waals surface area contributed by atoms with Crippen LogP contribution in [0.2, 0.25) is 0 Å². The van der Waals surface area contributed by atoms with Crippen LogP contribution >= 0.6 is 0 Å². The smallest absolute Gasteiger partial charge is 0.341 e. The molecule has 0 unspecified atom stereocenters. The molecule has 3 fully saturated rings. The third-order valence-electron chi connectivity index (χ3n) is 8.95. The zero-order chi connectivity index (χ0) is 30.0. The van der Waals surface area contributed by atoms with Crippen LogP contribution in [0, 0.1) is 11.3 Å². The molecular weight excluding hydrogens is 540 g/mol. The molecule has 8 atom stereocenters. The molecular formula is C29H34O12. The van der Waals surface area contributed by atoms with Gasteiger partial charge in [0.05, 0.1) is 46.2 Å². The maximum atomic E-state index is 13.4. The summed E-state index contributed by atoms with van der Waals surface area (Å²) in [7, 11) is 0. The van der Waals surface area contributed by atoms with Gasteiger partial charge >= 0.3 is 23.9 Å². The van der Waals surface area contributed by atoms with Crippen LogP contribution < -0.4 is 0 Å². The van der Waals surface area contributed by atoms with Crippen LogP contribution in [0.5, 0.6) is 0 Å². The normalized spacial score (nSPS) is 37.0. The highest BCUT2D eigenvalue weighted by molar-refractivity contribution is 5.90. The molecule has 1 N–H and O–H groups in total. The van der Waals surface area contributed by atoms with Crippen LogP contribution in [0.4, 0.5) is 0 Å². The van der Waals surface area contributed by atoms with Crippen molar-refractivity contribution in [3.8, 4) is 0 Å². The number of esters is 4. The Kier molecular flexibility index (Phi) is 6.85. The lowest BCUT2D eigenvalue weighted by Crippen LogP contribution is -2.81. The summed E-state index contributed by atoms with van der Waals surface area (Å²) in [6.45, 7) is 9.05. The van der Waals surface area contributed by atoms with Gasteiger partial charge in [-0.05, 0) is 52.7 Å². The highest BCUT2D eigenvalue weighted by Gasteiger charge is 2.85. The molecule has 12 nitrogen and oxygen atoms in total. The van der Waals surface area contributed by atoms with E-state index < -0.39 is 76.4 Å². The fourth-order valence-electron chi connectivity index (χ4n) is 7.38. The minimum absolute atomic E-state index is 0.0870. The van der Waals surface area contributed by atoms with Crippen molar-refractivity contribution in [2.24, 2.45) is 11.3 Å². The second-order valence-electron chi connectivity index (χ2n) is 11.9. The Hall–Kier alpha value is -3.64. The van der Waals surface area contributed by atoms with Gasteiger partial charge in [-0.2, -0.15) is 0 Å². The molecule has 222 valence electrons. The maximum absolute atomic E-state index is 13.4. The number of carbonyl (C=O) groups is 4. The predicted molar refractivity (Wildman–Crippen MR) is 136 cm³/mol. The number of fused-ring (bicyclic) bond motifs is 1. The Labute approximate surface area is 236 Å². The number of hydrogen-bond acceptors (Lipinski definition) is 12. The summed E-state index contributed by atoms with van der Waals surface area (Å²) in [5.74, 6) is -3.80. The zero-order valence-corrected chi connectivity index (χ0v) is 23.7. The van der Waals surface area contributed by atoms with Crippen molar-refractivity contribution in [3.05, 3.63) is 48.3 Å². The molecule has 3 heterocycles. The fourth-order valence-corrected chi connectivity index (χ4v) is 7.38. The first-order valence-corrected chi connectivity index (χ1v) is 13.4. The van der Waals surface area contributed by atoms with Gasteiger partial charge in [-0.25, -0.2) is 9.59 Å². The van der Waals surface area contributed by atoms with Crippen LogP contribution in [0.3, 0.4) is 0 Å². The molecule has 0 aromatic carbocycles. The molecule has 5 rings (SSSR count). The zero-order valence-electron chi connectivity index (χ0n) is 23.7. The van der Waals surface area contributed by atoms with Crippen molar-refractivity contribution in [2.75, 3.05) is 0 Å². The second kappa shape index (κ2) is 9.73. The molecule has 2 saturated carbocycles. The Bertz CT molecular complexity index is 1330. The summed E-state index contributed by atoms with van der Waals surface area (Å²) in [5, 5.41) is 12.2. The summed E-state index contributed by atoms with van der Waals surface area (Å²) in [6.07, 6.45) is 0.460. The Balaban J connectivity index is 1.75. The Morgan fingerprint density at radius 2 is 1.37 bits per heavy atom. The van der Waals surface area contributed by atoms with Crippen molar-refractivity contribution < 1.29 is 56.8 Å². The number of hydrogen-bond donors (Lipinski definition) is 1. The van der Waals surface area contributed by atoms with Gasteiger partial charge in [0, 0.05) is 13.8 Å². The fraction of sp³-hybridized carbons (Fsp3) is 0.586. The number of rotatable bonds is 6. The molecule has 41 heavy (non-hydrogen) atoms. The van der Waals surface area contributed by atoms with Crippen LogP contribution in [-0.2, 0) is 33.3 Å². The number of furan rings is 2. The van der Waals surface area contributed by atoms with Gasteiger partial charge in [-0.3, -0.25) is 9.59 Å². The average Bonchev–Trinajstić information content (AvgIpc) is 3.62. The number of carbonyl (C=O) groups excluding carboxylic acids is 4. The molecule has 2 aromatic heterocycles. The lowest BCUT2D eigenvalue weighted by Gasteiger charge is -2.65. The molecule has 2 aliphatic carbocycles. The molecule has 2 aromatic rings. The first kappa shape index (κ1) is 28.9. The quantitative estimate of drug-likeness (QED) is 0.397. The first-order valence-electron chi connectivity index (χ1n) is 13.4. The van der Waals surface area contributed by atoms with E-state index in [1.807, 2.05) is 0 Å². The maximum Gasteiger partial charge on any atom is 0.341 e. The molecule has 12 heteroatoms. The van der Waals surface area contributed by atoms with E-state index in [0.717, 1.165) is 0 Å². The van der Waals surface area contributed by atoms with Crippen LogP contribution in [0.15, 0.2) is 46.0 Å². The van der Waals surface area contributed by atoms with E-state index in [0.29, 0.717) is 0 Å². The highest BCUT2D eigenvalue weighted by atomic mass is 16.6. The van der Waals surface area contributed by atoms with Crippen molar-refractivity contribution >= 4 is 23.9 Å². The van der Waals surface area contributed by atoms with Gasteiger partial charge in [0.15, 0.2) is 6.10 Å². The van der Waals surface area contributed by atoms with E-state index in [1.165, 1.54) is 51.0 Å². The van der Waals surface area contributed by atoms with E-state index in [2.05, 4.69) is 0 Å². The summed E-state index contributed by atoms with van der Waals surface area (Å²) >= 11 is 0. The van der Waals surface area contributed by atoms with Crippen molar-refractivity contribution in [3.63, 3.8) is 0 Å². The van der Waals surface area contributed by atoms with E-state index in [1.54, 1.807) is 27.7 Å². The third-order valence-corrected chi connectivity index (χ3v) is 8.95. The largest absolute Gasteiger partial charge is 0.472 e. The van der Waals surface area contributed by atoms with Crippen LogP contribution in [0.25, 0.3) is 0 Å². The van der Waals surface area contributed by atoms with Crippen molar-refractivity contribution in [2.45, 2.75) is 95.6 Å². The summed E-state index contributed by atoms with van der Waals surface area (Å²) < 4.78 is 40.8. The standard InChI is InChI=1S/C29H34O12/c1-15(30)37-19-7-10-27(5,34)29-22(39-24(32)17-8-11-35-13-17)20(26(3,4)41-29)21(38-16(2)31)23(28(19,29)6)40-25(33)18-9-12-36-14-18/h8-9,11-14,19-23,34H,7,10H2,1-6H3/t19-,20+,21-,22-,23+,27+,28-,29-/m0/s1. The predicted octanol–water partition coefficient (Wildman–Crippen LogP) is 3.22. The summed E-state index contributed by atoms with van der Waals surface area (Å²) in [4.78, 5) is 51.7. The van der Waals surface area contributed by atoms with Gasteiger partial charge in [0.2, 0.25) is 0 Å². The van der Waals surface area contributed by atoms with Crippen LogP contribution in [-0.4, -0.2) is 70.2 Å². The van der Waals surface area contributed by atoms with Gasteiger partial charge in [-0.15, -0.1) is 0 Å². The SMILES string of the molecule is CC(=O)O[C@H]1[C@@H]2[C@H](OC(=O)c3ccoc3)[C@@]3(OC2(C)C)[C@@](C)([C@@H](OC(C)=O)CC[C@@]3(C)O)[C@@H]1OC(=O)c1ccoc1. The molecule has 0 amide bonds. The lowest BCUT2D eigenvalue weighted by molar-refractivity contribution is -0.335. The van der Waals surface area contributed by atoms with E-state index in [9.17, 15) is 24.3 Å². The molecule has 1 saturated heterocycles. The summed E-state index contributed by atoms with van der Waals surface area (Å²) in [5.41, 5.74) is -6.11. The lowest BCUT2D eigenvalue weighted by atomic mass is 9.47. The van der Waals surface area contributed by atoms with Gasteiger partial charge in [0.25, 0.3) is 0 Å². The Morgan fingerprint density at radius 3 is 1.85 bits per heavy atom. The number of ether oxygens (including phenoxy) is 5. The van der Waals surface area contributed by atoms with E-state index in [-0.39, 0.29) is 24.0 Å².